The maximum absolute atomic E-state index is 6.13. The molecule has 0 amide bonds. The van der Waals surface area contributed by atoms with Gasteiger partial charge in [-0.2, -0.15) is 0 Å². The van der Waals surface area contributed by atoms with Crippen LogP contribution < -0.4 is 4.90 Å². The zero-order valence-electron chi connectivity index (χ0n) is 14.2. The van der Waals surface area contributed by atoms with E-state index >= 15 is 0 Å². The van der Waals surface area contributed by atoms with E-state index in [-0.39, 0.29) is 0 Å². The maximum atomic E-state index is 6.13. The van der Waals surface area contributed by atoms with Crippen molar-refractivity contribution < 1.29 is 9.47 Å². The van der Waals surface area contributed by atoms with Gasteiger partial charge < -0.3 is 14.4 Å². The van der Waals surface area contributed by atoms with Crippen LogP contribution in [0.5, 0.6) is 0 Å². The Morgan fingerprint density at radius 1 is 1.29 bits per heavy atom. The van der Waals surface area contributed by atoms with Crippen molar-refractivity contribution in [2.24, 2.45) is 5.92 Å². The first-order chi connectivity index (χ1) is 11.8. The Kier molecular flexibility index (Phi) is 4.96. The molecule has 2 saturated heterocycles. The van der Waals surface area contributed by atoms with E-state index in [0.29, 0.717) is 12.0 Å². The average Bonchev–Trinajstić information content (AvgIpc) is 3.31. The number of rotatable bonds is 5. The normalized spacial score (nSPS) is 22.5. The second-order valence-corrected chi connectivity index (χ2v) is 7.60. The standard InChI is InChI=1S/C18H25N3O2S/c1-2-16-19-17(15-6-10-24-18(15)20-16)21-7-3-14(4-8-21)23-12-13-5-9-22-11-13/h6,10,13-14H,2-5,7-9,11-12H2,1H3. The summed E-state index contributed by atoms with van der Waals surface area (Å²) in [6.45, 7) is 6.76. The van der Waals surface area contributed by atoms with Gasteiger partial charge in [-0.25, -0.2) is 9.97 Å². The van der Waals surface area contributed by atoms with E-state index in [0.717, 1.165) is 75.1 Å². The minimum atomic E-state index is 0.382. The predicted molar refractivity (Wildman–Crippen MR) is 96.9 cm³/mol. The minimum Gasteiger partial charge on any atom is -0.381 e. The topological polar surface area (TPSA) is 47.5 Å². The van der Waals surface area contributed by atoms with Gasteiger partial charge in [-0.05, 0) is 30.7 Å². The summed E-state index contributed by atoms with van der Waals surface area (Å²) in [5, 5.41) is 3.31. The lowest BCUT2D eigenvalue weighted by Crippen LogP contribution is -2.38. The van der Waals surface area contributed by atoms with Crippen molar-refractivity contribution in [2.45, 2.75) is 38.7 Å². The first kappa shape index (κ1) is 16.2. The molecule has 4 rings (SSSR count). The molecular weight excluding hydrogens is 322 g/mol. The highest BCUT2D eigenvalue weighted by molar-refractivity contribution is 7.16. The van der Waals surface area contributed by atoms with Crippen molar-refractivity contribution in [1.82, 2.24) is 9.97 Å². The van der Waals surface area contributed by atoms with Crippen LogP contribution in [0.15, 0.2) is 11.4 Å². The van der Waals surface area contributed by atoms with Crippen LogP contribution in [0.3, 0.4) is 0 Å². The van der Waals surface area contributed by atoms with Crippen molar-refractivity contribution in [3.05, 3.63) is 17.3 Å². The van der Waals surface area contributed by atoms with Crippen LogP contribution >= 0.6 is 11.3 Å². The fourth-order valence-corrected chi connectivity index (χ4v) is 4.28. The number of piperidine rings is 1. The summed E-state index contributed by atoms with van der Waals surface area (Å²) in [7, 11) is 0. The number of hydrogen-bond donors (Lipinski definition) is 0. The zero-order chi connectivity index (χ0) is 16.4. The Balaban J connectivity index is 1.39. The van der Waals surface area contributed by atoms with Gasteiger partial charge in [0.25, 0.3) is 0 Å². The second kappa shape index (κ2) is 7.33. The molecule has 2 aliphatic heterocycles. The first-order valence-electron chi connectivity index (χ1n) is 9.02. The summed E-state index contributed by atoms with van der Waals surface area (Å²) in [5.41, 5.74) is 0. The summed E-state index contributed by atoms with van der Waals surface area (Å²) in [5.74, 6) is 2.66. The molecule has 2 fully saturated rings. The Morgan fingerprint density at radius 3 is 2.92 bits per heavy atom. The Bertz CT molecular complexity index is 676. The Morgan fingerprint density at radius 2 is 2.17 bits per heavy atom. The average molecular weight is 347 g/mol. The van der Waals surface area contributed by atoms with Gasteiger partial charge in [0, 0.05) is 32.0 Å². The number of fused-ring (bicyclic) bond motifs is 1. The number of aromatic nitrogens is 2. The van der Waals surface area contributed by atoms with Gasteiger partial charge in [-0.15, -0.1) is 11.3 Å². The van der Waals surface area contributed by atoms with Crippen LogP contribution in [0, 0.1) is 5.92 Å². The molecule has 0 bridgehead atoms. The molecule has 0 radical (unpaired) electrons. The predicted octanol–water partition coefficient (Wildman–Crippen LogP) is 3.28. The van der Waals surface area contributed by atoms with E-state index < -0.39 is 0 Å². The fraction of sp³-hybridized carbons (Fsp3) is 0.667. The smallest absolute Gasteiger partial charge is 0.141 e. The third-order valence-corrected chi connectivity index (χ3v) is 5.81. The molecular formula is C18H25N3O2S. The van der Waals surface area contributed by atoms with Gasteiger partial charge in [-0.3, -0.25) is 0 Å². The van der Waals surface area contributed by atoms with Gasteiger partial charge in [-0.1, -0.05) is 6.92 Å². The molecule has 2 aromatic rings. The Labute approximate surface area is 147 Å². The lowest BCUT2D eigenvalue weighted by Gasteiger charge is -2.33. The van der Waals surface area contributed by atoms with E-state index in [1.54, 1.807) is 11.3 Å². The van der Waals surface area contributed by atoms with Crippen molar-refractivity contribution >= 4 is 27.4 Å². The molecule has 24 heavy (non-hydrogen) atoms. The largest absolute Gasteiger partial charge is 0.381 e. The third-order valence-electron chi connectivity index (χ3n) is 5.00. The van der Waals surface area contributed by atoms with Crippen LogP contribution in [0.4, 0.5) is 5.82 Å². The SMILES string of the molecule is CCc1nc(N2CCC(OCC3CCOC3)CC2)c2ccsc2n1. The maximum Gasteiger partial charge on any atom is 0.141 e. The van der Waals surface area contributed by atoms with Crippen molar-refractivity contribution in [1.29, 1.82) is 0 Å². The molecule has 130 valence electrons. The zero-order valence-corrected chi connectivity index (χ0v) is 15.1. The molecule has 2 aliphatic rings. The molecule has 0 aromatic carbocycles. The van der Waals surface area contributed by atoms with Gasteiger partial charge >= 0.3 is 0 Å². The van der Waals surface area contributed by atoms with E-state index in [9.17, 15) is 0 Å². The number of aryl methyl sites for hydroxylation is 1. The molecule has 6 heteroatoms. The van der Waals surface area contributed by atoms with E-state index in [1.807, 2.05) is 0 Å². The molecule has 4 heterocycles. The molecule has 0 aliphatic carbocycles. The summed E-state index contributed by atoms with van der Waals surface area (Å²) in [6.07, 6.45) is 4.56. The van der Waals surface area contributed by atoms with E-state index in [1.165, 1.54) is 5.39 Å². The number of ether oxygens (including phenoxy) is 2. The Hall–Kier alpha value is -1.24. The van der Waals surface area contributed by atoms with Crippen molar-refractivity contribution in [3.8, 4) is 0 Å². The number of anilines is 1. The fourth-order valence-electron chi connectivity index (χ4n) is 3.50. The lowest BCUT2D eigenvalue weighted by atomic mass is 10.1. The van der Waals surface area contributed by atoms with Crippen LogP contribution in [-0.2, 0) is 15.9 Å². The summed E-state index contributed by atoms with van der Waals surface area (Å²) >= 11 is 1.70. The molecule has 2 aromatic heterocycles. The van der Waals surface area contributed by atoms with Gasteiger partial charge in [0.2, 0.25) is 0 Å². The molecule has 1 unspecified atom stereocenters. The molecule has 0 spiro atoms. The third kappa shape index (κ3) is 3.41. The van der Waals surface area contributed by atoms with E-state index in [4.69, 9.17) is 14.5 Å². The second-order valence-electron chi connectivity index (χ2n) is 6.71. The van der Waals surface area contributed by atoms with Gasteiger partial charge in [0.1, 0.15) is 16.5 Å². The first-order valence-corrected chi connectivity index (χ1v) is 9.90. The molecule has 0 saturated carbocycles. The van der Waals surface area contributed by atoms with Crippen LogP contribution in [-0.4, -0.2) is 49.0 Å². The quantitative estimate of drug-likeness (QED) is 0.831. The van der Waals surface area contributed by atoms with Crippen LogP contribution in [0.1, 0.15) is 32.0 Å². The summed E-state index contributed by atoms with van der Waals surface area (Å²) < 4.78 is 11.6. The number of thiophene rings is 1. The van der Waals surface area contributed by atoms with Gasteiger partial charge in [0.15, 0.2) is 0 Å². The highest BCUT2D eigenvalue weighted by Crippen LogP contribution is 2.30. The van der Waals surface area contributed by atoms with Crippen molar-refractivity contribution in [2.75, 3.05) is 37.8 Å². The van der Waals surface area contributed by atoms with E-state index in [2.05, 4.69) is 28.3 Å². The summed E-state index contributed by atoms with van der Waals surface area (Å²) in [4.78, 5) is 13.0. The highest BCUT2D eigenvalue weighted by Gasteiger charge is 2.24. The van der Waals surface area contributed by atoms with Crippen LogP contribution in [0.25, 0.3) is 10.2 Å². The highest BCUT2D eigenvalue weighted by atomic mass is 32.1. The lowest BCUT2D eigenvalue weighted by molar-refractivity contribution is 0.0131. The van der Waals surface area contributed by atoms with Crippen molar-refractivity contribution in [3.63, 3.8) is 0 Å². The number of nitrogens with zero attached hydrogens (tertiary/aromatic N) is 3. The number of hydrogen-bond acceptors (Lipinski definition) is 6. The molecule has 5 nitrogen and oxygen atoms in total. The molecule has 1 atom stereocenters. The minimum absolute atomic E-state index is 0.382. The summed E-state index contributed by atoms with van der Waals surface area (Å²) in [6, 6.07) is 2.15. The monoisotopic (exact) mass is 347 g/mol. The van der Waals surface area contributed by atoms with Gasteiger partial charge in [0.05, 0.1) is 24.7 Å². The molecule has 0 N–H and O–H groups in total. The van der Waals surface area contributed by atoms with Crippen LogP contribution in [0.2, 0.25) is 0 Å².